The van der Waals surface area contributed by atoms with E-state index in [0.29, 0.717) is 0 Å². The van der Waals surface area contributed by atoms with E-state index in [1.165, 1.54) is 28.1 Å². The van der Waals surface area contributed by atoms with Crippen molar-refractivity contribution in [2.45, 2.75) is 20.4 Å². The van der Waals surface area contributed by atoms with Crippen LogP contribution in [0.3, 0.4) is 0 Å². The average Bonchev–Trinajstić information content (AvgIpc) is 2.38. The summed E-state index contributed by atoms with van der Waals surface area (Å²) < 4.78 is 0. The second kappa shape index (κ2) is 5.89. The first kappa shape index (κ1) is 13.6. The molecule has 0 bridgehead atoms. The molecule has 0 heterocycles. The minimum atomic E-state index is 0.880. The van der Waals surface area contributed by atoms with E-state index in [9.17, 15) is 0 Å². The summed E-state index contributed by atoms with van der Waals surface area (Å²) in [5.74, 6) is 0. The SMILES string of the molecule is CNCc1ccccc1N(C)c1cc(C)cc(C)c1. The van der Waals surface area contributed by atoms with Crippen molar-refractivity contribution in [2.75, 3.05) is 19.0 Å². The van der Waals surface area contributed by atoms with Crippen LogP contribution in [0.4, 0.5) is 11.4 Å². The summed E-state index contributed by atoms with van der Waals surface area (Å²) >= 11 is 0. The van der Waals surface area contributed by atoms with E-state index in [4.69, 9.17) is 0 Å². The Hall–Kier alpha value is -1.80. The molecule has 2 aromatic rings. The molecule has 0 amide bonds. The third-order valence-corrected chi connectivity index (χ3v) is 3.31. The average molecular weight is 254 g/mol. The topological polar surface area (TPSA) is 15.3 Å². The standard InChI is InChI=1S/C17H22N2/c1-13-9-14(2)11-16(10-13)19(4)17-8-6-5-7-15(17)12-18-3/h5-11,18H,12H2,1-4H3. The summed E-state index contributed by atoms with van der Waals surface area (Å²) in [6.07, 6.45) is 0. The van der Waals surface area contributed by atoms with Gasteiger partial charge >= 0.3 is 0 Å². The maximum atomic E-state index is 3.23. The van der Waals surface area contributed by atoms with E-state index >= 15 is 0 Å². The summed E-state index contributed by atoms with van der Waals surface area (Å²) in [6, 6.07) is 15.2. The van der Waals surface area contributed by atoms with Gasteiger partial charge in [-0.2, -0.15) is 0 Å². The molecule has 2 nitrogen and oxygen atoms in total. The van der Waals surface area contributed by atoms with E-state index in [2.05, 4.69) is 73.6 Å². The van der Waals surface area contributed by atoms with Crippen LogP contribution in [0.2, 0.25) is 0 Å². The number of nitrogens with zero attached hydrogens (tertiary/aromatic N) is 1. The quantitative estimate of drug-likeness (QED) is 0.893. The number of nitrogens with one attached hydrogen (secondary N) is 1. The smallest absolute Gasteiger partial charge is 0.0453 e. The van der Waals surface area contributed by atoms with Crippen LogP contribution >= 0.6 is 0 Å². The van der Waals surface area contributed by atoms with Crippen LogP contribution in [0.5, 0.6) is 0 Å². The van der Waals surface area contributed by atoms with Crippen molar-refractivity contribution in [1.82, 2.24) is 5.32 Å². The van der Waals surface area contributed by atoms with Gasteiger partial charge in [-0.25, -0.2) is 0 Å². The maximum absolute atomic E-state index is 3.23. The molecule has 2 heteroatoms. The van der Waals surface area contributed by atoms with Gasteiger partial charge in [0.15, 0.2) is 0 Å². The zero-order valence-electron chi connectivity index (χ0n) is 12.2. The van der Waals surface area contributed by atoms with Gasteiger partial charge in [-0.3, -0.25) is 0 Å². The number of para-hydroxylation sites is 1. The van der Waals surface area contributed by atoms with Crippen molar-refractivity contribution >= 4 is 11.4 Å². The predicted octanol–water partition coefficient (Wildman–Crippen LogP) is 3.79. The van der Waals surface area contributed by atoms with Crippen LogP contribution < -0.4 is 10.2 Å². The van der Waals surface area contributed by atoms with E-state index in [-0.39, 0.29) is 0 Å². The highest BCUT2D eigenvalue weighted by atomic mass is 15.1. The Labute approximate surface area is 116 Å². The molecule has 0 spiro atoms. The van der Waals surface area contributed by atoms with Crippen molar-refractivity contribution in [3.63, 3.8) is 0 Å². The summed E-state index contributed by atoms with van der Waals surface area (Å²) in [5.41, 5.74) is 6.40. The fraction of sp³-hybridized carbons (Fsp3) is 0.294. The number of anilines is 2. The lowest BCUT2D eigenvalue weighted by molar-refractivity contribution is 0.816. The molecule has 0 unspecified atom stereocenters. The van der Waals surface area contributed by atoms with Gasteiger partial charge in [0.2, 0.25) is 0 Å². The largest absolute Gasteiger partial charge is 0.344 e. The van der Waals surface area contributed by atoms with Crippen LogP contribution in [0.15, 0.2) is 42.5 Å². The Balaban J connectivity index is 2.40. The molecular formula is C17H22N2. The van der Waals surface area contributed by atoms with Gasteiger partial charge < -0.3 is 10.2 Å². The van der Waals surface area contributed by atoms with Crippen LogP contribution in [-0.2, 0) is 6.54 Å². The Morgan fingerprint density at radius 3 is 2.26 bits per heavy atom. The molecule has 0 radical (unpaired) electrons. The molecule has 0 aliphatic carbocycles. The monoisotopic (exact) mass is 254 g/mol. The highest BCUT2D eigenvalue weighted by molar-refractivity contribution is 5.66. The van der Waals surface area contributed by atoms with Crippen molar-refractivity contribution in [3.05, 3.63) is 59.2 Å². The van der Waals surface area contributed by atoms with E-state index in [0.717, 1.165) is 6.54 Å². The molecule has 0 fully saturated rings. The van der Waals surface area contributed by atoms with Crippen molar-refractivity contribution < 1.29 is 0 Å². The molecule has 0 saturated heterocycles. The second-order valence-electron chi connectivity index (χ2n) is 5.06. The molecular weight excluding hydrogens is 232 g/mol. The molecule has 19 heavy (non-hydrogen) atoms. The highest BCUT2D eigenvalue weighted by Gasteiger charge is 2.09. The van der Waals surface area contributed by atoms with Gasteiger partial charge in [0, 0.05) is 25.0 Å². The van der Waals surface area contributed by atoms with Crippen LogP contribution in [0, 0.1) is 13.8 Å². The molecule has 2 aromatic carbocycles. The second-order valence-corrected chi connectivity index (χ2v) is 5.06. The summed E-state index contributed by atoms with van der Waals surface area (Å²) in [5, 5.41) is 3.23. The van der Waals surface area contributed by atoms with Gasteiger partial charge in [0.25, 0.3) is 0 Å². The van der Waals surface area contributed by atoms with Gasteiger partial charge in [0.1, 0.15) is 0 Å². The Morgan fingerprint density at radius 2 is 1.63 bits per heavy atom. The molecule has 1 N–H and O–H groups in total. The molecule has 0 saturated carbocycles. The van der Waals surface area contributed by atoms with Crippen LogP contribution in [0.1, 0.15) is 16.7 Å². The van der Waals surface area contributed by atoms with Crippen molar-refractivity contribution in [2.24, 2.45) is 0 Å². The minimum absolute atomic E-state index is 0.880. The Bertz CT molecular complexity index is 541. The summed E-state index contributed by atoms with van der Waals surface area (Å²) in [7, 11) is 4.11. The molecule has 0 aliphatic rings. The third kappa shape index (κ3) is 3.15. The van der Waals surface area contributed by atoms with Crippen molar-refractivity contribution in [1.29, 1.82) is 0 Å². The van der Waals surface area contributed by atoms with E-state index in [1.807, 2.05) is 7.05 Å². The maximum Gasteiger partial charge on any atom is 0.0453 e. The van der Waals surface area contributed by atoms with Gasteiger partial charge in [-0.05, 0) is 55.8 Å². The molecule has 0 atom stereocenters. The zero-order valence-corrected chi connectivity index (χ0v) is 12.2. The summed E-state index contributed by atoms with van der Waals surface area (Å²) in [4.78, 5) is 2.26. The first-order chi connectivity index (χ1) is 9.11. The predicted molar refractivity (Wildman–Crippen MR) is 83.2 cm³/mol. The lowest BCUT2D eigenvalue weighted by Gasteiger charge is -2.23. The molecule has 2 rings (SSSR count). The number of rotatable bonds is 4. The molecule has 0 aliphatic heterocycles. The number of benzene rings is 2. The minimum Gasteiger partial charge on any atom is -0.344 e. The van der Waals surface area contributed by atoms with Gasteiger partial charge in [0.05, 0.1) is 0 Å². The fourth-order valence-corrected chi connectivity index (χ4v) is 2.46. The van der Waals surface area contributed by atoms with Gasteiger partial charge in [-0.1, -0.05) is 24.3 Å². The van der Waals surface area contributed by atoms with Crippen LogP contribution in [-0.4, -0.2) is 14.1 Å². The number of hydrogen-bond donors (Lipinski definition) is 1. The number of hydrogen-bond acceptors (Lipinski definition) is 2. The van der Waals surface area contributed by atoms with Crippen LogP contribution in [0.25, 0.3) is 0 Å². The summed E-state index contributed by atoms with van der Waals surface area (Å²) in [6.45, 7) is 5.17. The zero-order chi connectivity index (χ0) is 13.8. The first-order valence-electron chi connectivity index (χ1n) is 6.66. The molecule has 0 aromatic heterocycles. The fourth-order valence-electron chi connectivity index (χ4n) is 2.46. The van der Waals surface area contributed by atoms with E-state index in [1.54, 1.807) is 0 Å². The Morgan fingerprint density at radius 1 is 1.00 bits per heavy atom. The Kier molecular flexibility index (Phi) is 4.23. The van der Waals surface area contributed by atoms with Gasteiger partial charge in [-0.15, -0.1) is 0 Å². The molecule has 100 valence electrons. The number of aryl methyl sites for hydroxylation is 2. The van der Waals surface area contributed by atoms with Crippen molar-refractivity contribution in [3.8, 4) is 0 Å². The normalized spacial score (nSPS) is 10.5. The first-order valence-corrected chi connectivity index (χ1v) is 6.66. The van der Waals surface area contributed by atoms with E-state index < -0.39 is 0 Å². The third-order valence-electron chi connectivity index (χ3n) is 3.31. The lowest BCUT2D eigenvalue weighted by Crippen LogP contribution is -2.15. The lowest BCUT2D eigenvalue weighted by atomic mass is 10.1. The highest BCUT2D eigenvalue weighted by Crippen LogP contribution is 2.28.